The Hall–Kier alpha value is -1.36. The molecule has 19 heavy (non-hydrogen) atoms. The largest absolute Gasteiger partial charge is 0.394 e. The van der Waals surface area contributed by atoms with Gasteiger partial charge >= 0.3 is 0 Å². The van der Waals surface area contributed by atoms with E-state index in [4.69, 9.17) is 21.8 Å². The minimum absolute atomic E-state index is 0.0109. The second-order valence-corrected chi connectivity index (χ2v) is 5.57. The van der Waals surface area contributed by atoms with E-state index in [1.807, 2.05) is 4.90 Å². The molecule has 7 N–H and O–H groups in total. The molecule has 0 atom stereocenters. The number of nitrogens with zero attached hydrogens (tertiary/aromatic N) is 3. The summed E-state index contributed by atoms with van der Waals surface area (Å²) in [5.41, 5.74) is 17.3. The van der Waals surface area contributed by atoms with Crippen LogP contribution in [0.1, 0.15) is 0 Å². The molecule has 0 spiro atoms. The summed E-state index contributed by atoms with van der Waals surface area (Å²) < 4.78 is 31.7. The molecule has 0 radical (unpaired) electrons. The molecule has 0 saturated carbocycles. The van der Waals surface area contributed by atoms with Crippen LogP contribution in [0.4, 0.5) is 11.5 Å². The molecule has 0 aliphatic heterocycles. The van der Waals surface area contributed by atoms with E-state index in [9.17, 15) is 8.42 Å². The van der Waals surface area contributed by atoms with Crippen molar-refractivity contribution in [1.82, 2.24) is 9.78 Å². The van der Waals surface area contributed by atoms with Crippen molar-refractivity contribution in [2.45, 2.75) is 6.54 Å². The van der Waals surface area contributed by atoms with E-state index < -0.39 is 15.9 Å². The zero-order valence-electron chi connectivity index (χ0n) is 10.6. The molecule has 0 unspecified atom stereocenters. The van der Waals surface area contributed by atoms with Crippen LogP contribution in [0.3, 0.4) is 0 Å². The van der Waals surface area contributed by atoms with E-state index in [2.05, 4.69) is 5.10 Å². The van der Waals surface area contributed by atoms with Crippen LogP contribution < -0.4 is 22.1 Å². The Bertz CT molecular complexity index is 494. The van der Waals surface area contributed by atoms with Crippen molar-refractivity contribution in [2.75, 3.05) is 42.6 Å². The minimum atomic E-state index is -4.05. The van der Waals surface area contributed by atoms with Gasteiger partial charge in [-0.2, -0.15) is 13.5 Å². The summed E-state index contributed by atoms with van der Waals surface area (Å²) >= 11 is 0. The Kier molecular flexibility index (Phi) is 5.54. The van der Waals surface area contributed by atoms with Crippen LogP contribution in [0.2, 0.25) is 0 Å². The predicted octanol–water partition coefficient (Wildman–Crippen LogP) is -1.92. The highest BCUT2D eigenvalue weighted by molar-refractivity contribution is 7.85. The van der Waals surface area contributed by atoms with Gasteiger partial charge in [0, 0.05) is 26.2 Å². The summed E-state index contributed by atoms with van der Waals surface area (Å²) in [6, 6.07) is 0. The van der Waals surface area contributed by atoms with Crippen molar-refractivity contribution in [2.24, 2.45) is 11.5 Å². The maximum Gasteiger partial charge on any atom is 0.266 e. The lowest BCUT2D eigenvalue weighted by Crippen LogP contribution is -2.36. The van der Waals surface area contributed by atoms with Crippen LogP contribution in [0.15, 0.2) is 6.20 Å². The van der Waals surface area contributed by atoms with Gasteiger partial charge in [0.1, 0.15) is 5.82 Å². The highest BCUT2D eigenvalue weighted by Gasteiger charge is 2.16. The van der Waals surface area contributed by atoms with Crippen LogP contribution in [0.5, 0.6) is 0 Å². The first kappa shape index (κ1) is 15.7. The van der Waals surface area contributed by atoms with Gasteiger partial charge in [-0.25, -0.2) is 4.68 Å². The van der Waals surface area contributed by atoms with E-state index >= 15 is 0 Å². The molecule has 1 heterocycles. The highest BCUT2D eigenvalue weighted by atomic mass is 32.2. The van der Waals surface area contributed by atoms with E-state index in [1.54, 1.807) is 0 Å². The van der Waals surface area contributed by atoms with E-state index in [0.29, 0.717) is 37.7 Å². The van der Waals surface area contributed by atoms with Gasteiger partial charge in [-0.1, -0.05) is 0 Å². The molecule has 0 amide bonds. The molecule has 110 valence electrons. The van der Waals surface area contributed by atoms with Gasteiger partial charge in [0.15, 0.2) is 0 Å². The van der Waals surface area contributed by atoms with Crippen molar-refractivity contribution in [3.05, 3.63) is 6.20 Å². The third-order valence-corrected chi connectivity index (χ3v) is 3.20. The molecular weight excluding hydrogens is 272 g/mol. The zero-order chi connectivity index (χ0) is 14.5. The Morgan fingerprint density at radius 2 is 1.89 bits per heavy atom. The van der Waals surface area contributed by atoms with Crippen LogP contribution >= 0.6 is 0 Å². The summed E-state index contributed by atoms with van der Waals surface area (Å²) in [4.78, 5) is 1.84. The monoisotopic (exact) mass is 292 g/mol. The summed E-state index contributed by atoms with van der Waals surface area (Å²) in [6.07, 6.45) is 1.43. The van der Waals surface area contributed by atoms with Crippen LogP contribution in [0, 0.1) is 0 Å². The van der Waals surface area contributed by atoms with Gasteiger partial charge in [0.25, 0.3) is 10.1 Å². The van der Waals surface area contributed by atoms with Gasteiger partial charge in [-0.05, 0) is 0 Å². The lowest BCUT2D eigenvalue weighted by molar-refractivity contribution is 0.475. The maximum absolute atomic E-state index is 10.8. The number of aryl methyl sites for hydroxylation is 1. The average molecular weight is 292 g/mol. The number of anilines is 2. The third kappa shape index (κ3) is 4.67. The first-order valence-corrected chi connectivity index (χ1v) is 7.41. The first-order chi connectivity index (χ1) is 8.89. The lowest BCUT2D eigenvalue weighted by Gasteiger charge is -2.24. The molecular formula is C9H20N6O3S. The van der Waals surface area contributed by atoms with Crippen molar-refractivity contribution in [1.29, 1.82) is 0 Å². The second kappa shape index (κ2) is 6.70. The molecule has 10 heteroatoms. The molecule has 1 rings (SSSR count). The van der Waals surface area contributed by atoms with Crippen molar-refractivity contribution < 1.29 is 13.0 Å². The average Bonchev–Trinajstić information content (AvgIpc) is 2.67. The molecule has 1 aromatic heterocycles. The molecule has 0 aromatic carbocycles. The fourth-order valence-electron chi connectivity index (χ4n) is 1.74. The Morgan fingerprint density at radius 3 is 2.37 bits per heavy atom. The summed E-state index contributed by atoms with van der Waals surface area (Å²) in [7, 11) is -4.05. The normalized spacial score (nSPS) is 11.7. The number of nitrogens with two attached hydrogens (primary N) is 3. The Labute approximate surface area is 112 Å². The van der Waals surface area contributed by atoms with Crippen molar-refractivity contribution >= 4 is 21.6 Å². The summed E-state index contributed by atoms with van der Waals surface area (Å²) in [5.74, 6) is 0.139. The minimum Gasteiger partial charge on any atom is -0.394 e. The van der Waals surface area contributed by atoms with Gasteiger partial charge in [0.2, 0.25) is 0 Å². The van der Waals surface area contributed by atoms with Crippen LogP contribution in [0.25, 0.3) is 0 Å². The fraction of sp³-hybridized carbons (Fsp3) is 0.667. The topological polar surface area (TPSA) is 153 Å². The maximum atomic E-state index is 10.8. The van der Waals surface area contributed by atoms with E-state index in [-0.39, 0.29) is 6.54 Å². The molecule has 0 aliphatic carbocycles. The summed E-state index contributed by atoms with van der Waals surface area (Å²) in [6.45, 7) is 1.88. The summed E-state index contributed by atoms with van der Waals surface area (Å²) in [5, 5.41) is 4.00. The predicted molar refractivity (Wildman–Crippen MR) is 73.4 cm³/mol. The van der Waals surface area contributed by atoms with Crippen LogP contribution in [-0.2, 0) is 16.7 Å². The molecule has 0 saturated heterocycles. The molecule has 0 fully saturated rings. The van der Waals surface area contributed by atoms with E-state index in [0.717, 1.165) is 0 Å². The molecule has 9 nitrogen and oxygen atoms in total. The number of nitrogen functional groups attached to an aromatic ring is 1. The van der Waals surface area contributed by atoms with E-state index in [1.165, 1.54) is 10.9 Å². The molecule has 0 bridgehead atoms. The Morgan fingerprint density at radius 1 is 1.32 bits per heavy atom. The van der Waals surface area contributed by atoms with Crippen molar-refractivity contribution in [3.63, 3.8) is 0 Å². The van der Waals surface area contributed by atoms with Gasteiger partial charge in [-0.3, -0.25) is 4.55 Å². The Balaban J connectivity index is 2.94. The van der Waals surface area contributed by atoms with Crippen LogP contribution in [-0.4, -0.2) is 54.7 Å². The van der Waals surface area contributed by atoms with Gasteiger partial charge in [0.05, 0.1) is 24.2 Å². The third-order valence-electron chi connectivity index (χ3n) is 2.50. The standard InChI is InChI=1S/C9H20N6O3S/c10-1-3-14(4-2-11)9-8(12)7-13-15(9)5-6-19(16,17)18/h7H,1-6,10-12H2,(H,16,17,18). The number of hydrogen-bond acceptors (Lipinski definition) is 7. The van der Waals surface area contributed by atoms with Crippen molar-refractivity contribution in [3.8, 4) is 0 Å². The quantitative estimate of drug-likeness (QED) is 0.404. The number of hydrogen-bond donors (Lipinski definition) is 4. The lowest BCUT2D eigenvalue weighted by atomic mass is 10.4. The molecule has 1 aromatic rings. The SMILES string of the molecule is NCCN(CCN)c1c(N)cnn1CCS(=O)(=O)O. The molecule has 0 aliphatic rings. The second-order valence-electron chi connectivity index (χ2n) is 4.00. The first-order valence-electron chi connectivity index (χ1n) is 5.80. The fourth-order valence-corrected chi connectivity index (χ4v) is 2.14. The smallest absolute Gasteiger partial charge is 0.266 e. The number of aromatic nitrogens is 2. The number of rotatable bonds is 8. The zero-order valence-corrected chi connectivity index (χ0v) is 11.4. The highest BCUT2D eigenvalue weighted by Crippen LogP contribution is 2.22. The van der Waals surface area contributed by atoms with Gasteiger partial charge in [-0.15, -0.1) is 0 Å². The van der Waals surface area contributed by atoms with Gasteiger partial charge < -0.3 is 22.1 Å².